The Balaban J connectivity index is 1.92. The number of likely N-dealkylation sites (tertiary alicyclic amines) is 1. The van der Waals surface area contributed by atoms with Crippen LogP contribution in [0.1, 0.15) is 36.5 Å². The normalized spacial score (nSPS) is 18.8. The fourth-order valence-corrected chi connectivity index (χ4v) is 2.85. The third-order valence-corrected chi connectivity index (χ3v) is 3.84. The number of carbonyl (C=O) groups excluding carboxylic acids is 2. The fourth-order valence-electron chi connectivity index (χ4n) is 2.85. The molecule has 1 saturated heterocycles. The van der Waals surface area contributed by atoms with Crippen molar-refractivity contribution in [3.05, 3.63) is 35.4 Å². The highest BCUT2D eigenvalue weighted by Crippen LogP contribution is 2.21. The number of nitrogens with zero attached hydrogens (tertiary/aromatic N) is 1. The summed E-state index contributed by atoms with van der Waals surface area (Å²) >= 11 is 0. The minimum Gasteiger partial charge on any atom is -0.393 e. The van der Waals surface area contributed by atoms with E-state index in [0.29, 0.717) is 19.0 Å². The first-order valence-corrected chi connectivity index (χ1v) is 7.58. The zero-order valence-corrected chi connectivity index (χ0v) is 12.9. The van der Waals surface area contributed by atoms with Gasteiger partial charge >= 0.3 is 0 Å². The van der Waals surface area contributed by atoms with Crippen LogP contribution in [0.25, 0.3) is 0 Å². The number of hydrogen-bond acceptors (Lipinski definition) is 3. The molecular formula is C16H20F2N2O3. The van der Waals surface area contributed by atoms with E-state index in [0.717, 1.165) is 25.0 Å². The molecule has 2 unspecified atom stereocenters. The van der Waals surface area contributed by atoms with Crippen molar-refractivity contribution < 1.29 is 23.5 Å². The Labute approximate surface area is 133 Å². The zero-order valence-electron chi connectivity index (χ0n) is 12.9. The van der Waals surface area contributed by atoms with Gasteiger partial charge in [-0.15, -0.1) is 0 Å². The Morgan fingerprint density at radius 3 is 2.61 bits per heavy atom. The lowest BCUT2D eigenvalue weighted by atomic mass is 10.1. The monoisotopic (exact) mass is 326 g/mol. The van der Waals surface area contributed by atoms with Crippen LogP contribution in [0.2, 0.25) is 0 Å². The summed E-state index contributed by atoms with van der Waals surface area (Å²) in [5, 5.41) is 11.8. The van der Waals surface area contributed by atoms with E-state index in [1.54, 1.807) is 11.8 Å². The van der Waals surface area contributed by atoms with Crippen LogP contribution in [0.15, 0.2) is 18.2 Å². The molecule has 1 fully saturated rings. The van der Waals surface area contributed by atoms with Crippen molar-refractivity contribution in [3.8, 4) is 0 Å². The topological polar surface area (TPSA) is 69.6 Å². The van der Waals surface area contributed by atoms with E-state index < -0.39 is 23.6 Å². The van der Waals surface area contributed by atoms with Gasteiger partial charge in [0.25, 0.3) is 5.91 Å². The molecule has 0 aliphatic carbocycles. The summed E-state index contributed by atoms with van der Waals surface area (Å²) in [5.41, 5.74) is -0.169. The average molecular weight is 326 g/mol. The van der Waals surface area contributed by atoms with Crippen LogP contribution in [0, 0.1) is 11.6 Å². The number of rotatable bonds is 5. The predicted molar refractivity (Wildman–Crippen MR) is 79.7 cm³/mol. The standard InChI is InChI=1S/C16H20F2N2O3/c1-10(21)5-14-3-2-4-20(14)15(22)9-19-16(23)11-6-12(17)8-13(18)7-11/h6-8,10,14,21H,2-5,9H2,1H3,(H,19,23). The third kappa shape index (κ3) is 4.72. The number of amides is 2. The first-order chi connectivity index (χ1) is 10.9. The largest absolute Gasteiger partial charge is 0.393 e. The van der Waals surface area contributed by atoms with Crippen molar-refractivity contribution in [3.63, 3.8) is 0 Å². The predicted octanol–water partition coefficient (Wildman–Crippen LogP) is 1.46. The van der Waals surface area contributed by atoms with Gasteiger partial charge in [0.05, 0.1) is 12.6 Å². The van der Waals surface area contributed by atoms with Crippen molar-refractivity contribution in [2.75, 3.05) is 13.1 Å². The highest BCUT2D eigenvalue weighted by Gasteiger charge is 2.29. The van der Waals surface area contributed by atoms with Crippen LogP contribution < -0.4 is 5.32 Å². The summed E-state index contributed by atoms with van der Waals surface area (Å²) in [7, 11) is 0. The maximum Gasteiger partial charge on any atom is 0.251 e. The molecule has 0 spiro atoms. The van der Waals surface area contributed by atoms with E-state index in [1.165, 1.54) is 0 Å². The van der Waals surface area contributed by atoms with Crippen molar-refractivity contribution in [1.82, 2.24) is 10.2 Å². The second-order valence-electron chi connectivity index (χ2n) is 5.81. The van der Waals surface area contributed by atoms with E-state index in [2.05, 4.69) is 5.32 Å². The summed E-state index contributed by atoms with van der Waals surface area (Å²) in [4.78, 5) is 25.7. The molecule has 1 aliphatic rings. The second-order valence-corrected chi connectivity index (χ2v) is 5.81. The Morgan fingerprint density at radius 1 is 1.35 bits per heavy atom. The van der Waals surface area contributed by atoms with E-state index >= 15 is 0 Å². The van der Waals surface area contributed by atoms with Gasteiger partial charge in [0.15, 0.2) is 0 Å². The molecule has 2 rings (SSSR count). The maximum absolute atomic E-state index is 13.1. The van der Waals surface area contributed by atoms with Crippen molar-refractivity contribution in [1.29, 1.82) is 0 Å². The van der Waals surface area contributed by atoms with Gasteiger partial charge in [-0.1, -0.05) is 0 Å². The number of nitrogens with one attached hydrogen (secondary N) is 1. The maximum atomic E-state index is 13.1. The summed E-state index contributed by atoms with van der Waals surface area (Å²) in [6.07, 6.45) is 1.67. The van der Waals surface area contributed by atoms with Crippen LogP contribution in [0.4, 0.5) is 8.78 Å². The molecule has 7 heteroatoms. The molecule has 0 saturated carbocycles. The smallest absolute Gasteiger partial charge is 0.251 e. The Bertz CT molecular complexity index is 572. The number of halogens is 2. The lowest BCUT2D eigenvalue weighted by molar-refractivity contribution is -0.131. The molecule has 2 amide bonds. The second kappa shape index (κ2) is 7.50. The van der Waals surface area contributed by atoms with Gasteiger partial charge in [-0.05, 0) is 38.3 Å². The van der Waals surface area contributed by atoms with Gasteiger partial charge < -0.3 is 15.3 Å². The van der Waals surface area contributed by atoms with Gasteiger partial charge in [0.1, 0.15) is 11.6 Å². The van der Waals surface area contributed by atoms with E-state index in [9.17, 15) is 23.5 Å². The summed E-state index contributed by atoms with van der Waals surface area (Å²) < 4.78 is 26.2. The Hall–Kier alpha value is -2.02. The summed E-state index contributed by atoms with van der Waals surface area (Å²) in [6, 6.07) is 2.46. The van der Waals surface area contributed by atoms with Crippen LogP contribution >= 0.6 is 0 Å². The molecule has 2 atom stereocenters. The molecule has 0 radical (unpaired) electrons. The third-order valence-electron chi connectivity index (χ3n) is 3.84. The number of aliphatic hydroxyl groups excluding tert-OH is 1. The minimum absolute atomic E-state index is 0.0361. The molecule has 1 heterocycles. The van der Waals surface area contributed by atoms with Crippen LogP contribution in [0.3, 0.4) is 0 Å². The molecule has 0 aromatic heterocycles. The lowest BCUT2D eigenvalue weighted by Crippen LogP contribution is -2.43. The van der Waals surface area contributed by atoms with E-state index in [-0.39, 0.29) is 24.1 Å². The van der Waals surface area contributed by atoms with Gasteiger partial charge in [0, 0.05) is 24.2 Å². The average Bonchev–Trinajstić information content (AvgIpc) is 2.90. The summed E-state index contributed by atoms with van der Waals surface area (Å²) in [6.45, 7) is 2.01. The van der Waals surface area contributed by atoms with Crippen molar-refractivity contribution >= 4 is 11.8 Å². The van der Waals surface area contributed by atoms with Crippen LogP contribution in [-0.4, -0.2) is 47.1 Å². The molecule has 1 aromatic rings. The SMILES string of the molecule is CC(O)CC1CCCN1C(=O)CNC(=O)c1cc(F)cc(F)c1. The highest BCUT2D eigenvalue weighted by molar-refractivity contribution is 5.96. The molecule has 5 nitrogen and oxygen atoms in total. The molecule has 2 N–H and O–H groups in total. The van der Waals surface area contributed by atoms with Gasteiger partial charge in [0.2, 0.25) is 5.91 Å². The van der Waals surface area contributed by atoms with Gasteiger partial charge in [-0.25, -0.2) is 8.78 Å². The first-order valence-electron chi connectivity index (χ1n) is 7.58. The molecule has 1 aliphatic heterocycles. The van der Waals surface area contributed by atoms with Gasteiger partial charge in [-0.3, -0.25) is 9.59 Å². The Morgan fingerprint density at radius 2 is 2.00 bits per heavy atom. The highest BCUT2D eigenvalue weighted by atomic mass is 19.1. The molecular weight excluding hydrogens is 306 g/mol. The number of hydrogen-bond donors (Lipinski definition) is 2. The van der Waals surface area contributed by atoms with Gasteiger partial charge in [-0.2, -0.15) is 0 Å². The van der Waals surface area contributed by atoms with Crippen molar-refractivity contribution in [2.45, 2.75) is 38.3 Å². The van der Waals surface area contributed by atoms with Crippen LogP contribution in [-0.2, 0) is 4.79 Å². The fraction of sp³-hybridized carbons (Fsp3) is 0.500. The number of benzene rings is 1. The Kier molecular flexibility index (Phi) is 5.65. The molecule has 1 aromatic carbocycles. The molecule has 0 bridgehead atoms. The zero-order chi connectivity index (χ0) is 17.0. The minimum atomic E-state index is -0.849. The van der Waals surface area contributed by atoms with E-state index in [4.69, 9.17) is 0 Å². The first kappa shape index (κ1) is 17.3. The number of aliphatic hydroxyl groups is 1. The quantitative estimate of drug-likeness (QED) is 0.861. The van der Waals surface area contributed by atoms with Crippen molar-refractivity contribution in [2.24, 2.45) is 0 Å². The molecule has 23 heavy (non-hydrogen) atoms. The molecule has 126 valence electrons. The van der Waals surface area contributed by atoms with E-state index in [1.807, 2.05) is 0 Å². The summed E-state index contributed by atoms with van der Waals surface area (Å²) in [5.74, 6) is -2.67. The lowest BCUT2D eigenvalue weighted by Gasteiger charge is -2.25. The number of carbonyl (C=O) groups is 2. The van der Waals surface area contributed by atoms with Crippen LogP contribution in [0.5, 0.6) is 0 Å².